The summed E-state index contributed by atoms with van der Waals surface area (Å²) in [7, 11) is 0. The summed E-state index contributed by atoms with van der Waals surface area (Å²) in [5.41, 5.74) is 2.13. The SMILES string of the molecule is CCCOc1ccccc1/C=C(\C#N)C(=O)Nc1ccc(C)c(Cl)c1. The van der Waals surface area contributed by atoms with E-state index < -0.39 is 5.91 Å². The molecule has 2 aromatic carbocycles. The zero-order valence-corrected chi connectivity index (χ0v) is 14.9. The van der Waals surface area contributed by atoms with Crippen LogP contribution in [0.25, 0.3) is 6.08 Å². The van der Waals surface area contributed by atoms with Crippen molar-refractivity contribution in [3.8, 4) is 11.8 Å². The molecule has 128 valence electrons. The number of hydrogen-bond acceptors (Lipinski definition) is 3. The second kappa shape index (κ2) is 8.91. The summed E-state index contributed by atoms with van der Waals surface area (Å²) in [6.45, 7) is 4.46. The van der Waals surface area contributed by atoms with Crippen LogP contribution >= 0.6 is 11.6 Å². The smallest absolute Gasteiger partial charge is 0.266 e. The summed E-state index contributed by atoms with van der Waals surface area (Å²) in [5, 5.41) is 12.6. The number of para-hydroxylation sites is 1. The fourth-order valence-electron chi connectivity index (χ4n) is 2.12. The first-order chi connectivity index (χ1) is 12.0. The Balaban J connectivity index is 2.23. The van der Waals surface area contributed by atoms with Crippen molar-refractivity contribution in [2.24, 2.45) is 0 Å². The average Bonchev–Trinajstić information content (AvgIpc) is 2.61. The third-order valence-electron chi connectivity index (χ3n) is 3.48. The molecule has 25 heavy (non-hydrogen) atoms. The molecule has 1 N–H and O–H groups in total. The summed E-state index contributed by atoms with van der Waals surface area (Å²) >= 11 is 6.06. The van der Waals surface area contributed by atoms with Crippen molar-refractivity contribution in [2.75, 3.05) is 11.9 Å². The van der Waals surface area contributed by atoms with Crippen LogP contribution in [0, 0.1) is 18.3 Å². The zero-order valence-electron chi connectivity index (χ0n) is 14.2. The van der Waals surface area contributed by atoms with E-state index in [0.717, 1.165) is 12.0 Å². The lowest BCUT2D eigenvalue weighted by Gasteiger charge is -2.09. The summed E-state index contributed by atoms with van der Waals surface area (Å²) in [4.78, 5) is 12.4. The normalized spacial score (nSPS) is 10.9. The average molecular weight is 355 g/mol. The molecule has 0 spiro atoms. The molecule has 5 heteroatoms. The standard InChI is InChI=1S/C20H19ClN2O2/c1-3-10-25-19-7-5-4-6-15(19)11-16(13-22)20(24)23-17-9-8-14(2)18(21)12-17/h4-9,11-12H,3,10H2,1-2H3,(H,23,24)/b16-11+. The number of ether oxygens (including phenoxy) is 1. The minimum atomic E-state index is -0.493. The summed E-state index contributed by atoms with van der Waals surface area (Å²) < 4.78 is 5.66. The molecule has 0 aliphatic heterocycles. The van der Waals surface area contributed by atoms with Gasteiger partial charge in [0.15, 0.2) is 0 Å². The molecule has 1 amide bonds. The van der Waals surface area contributed by atoms with Gasteiger partial charge in [0.1, 0.15) is 17.4 Å². The Hall–Kier alpha value is -2.77. The predicted octanol–water partition coefficient (Wildman–Crippen LogP) is 4.98. The Bertz CT molecular complexity index is 838. The highest BCUT2D eigenvalue weighted by Gasteiger charge is 2.12. The van der Waals surface area contributed by atoms with Crippen molar-refractivity contribution in [1.82, 2.24) is 0 Å². The van der Waals surface area contributed by atoms with E-state index in [1.807, 2.05) is 44.2 Å². The Morgan fingerprint density at radius 2 is 2.08 bits per heavy atom. The second-order valence-corrected chi connectivity index (χ2v) is 5.88. The van der Waals surface area contributed by atoms with Gasteiger partial charge < -0.3 is 10.1 Å². The first kappa shape index (κ1) is 18.6. The number of amides is 1. The third kappa shape index (κ3) is 5.10. The number of nitrogens with zero attached hydrogens (tertiary/aromatic N) is 1. The molecule has 0 fully saturated rings. The van der Waals surface area contributed by atoms with Gasteiger partial charge in [-0.3, -0.25) is 4.79 Å². The van der Waals surface area contributed by atoms with E-state index in [-0.39, 0.29) is 5.57 Å². The van der Waals surface area contributed by atoms with Crippen molar-refractivity contribution in [1.29, 1.82) is 5.26 Å². The number of carbonyl (C=O) groups is 1. The molecular weight excluding hydrogens is 336 g/mol. The van der Waals surface area contributed by atoms with Gasteiger partial charge in [-0.1, -0.05) is 42.8 Å². The number of nitrogens with one attached hydrogen (secondary N) is 1. The van der Waals surface area contributed by atoms with Crippen molar-refractivity contribution in [3.63, 3.8) is 0 Å². The highest BCUT2D eigenvalue weighted by Crippen LogP contribution is 2.23. The number of halogens is 1. The van der Waals surface area contributed by atoms with Crippen LogP contribution in [0.2, 0.25) is 5.02 Å². The van der Waals surface area contributed by atoms with Crippen LogP contribution in [0.15, 0.2) is 48.0 Å². The van der Waals surface area contributed by atoms with Crippen molar-refractivity contribution in [3.05, 3.63) is 64.2 Å². The fraction of sp³-hybridized carbons (Fsp3) is 0.200. The molecule has 0 bridgehead atoms. The van der Waals surface area contributed by atoms with E-state index in [4.69, 9.17) is 16.3 Å². The molecule has 0 aliphatic carbocycles. The molecule has 4 nitrogen and oxygen atoms in total. The molecule has 0 radical (unpaired) electrons. The largest absolute Gasteiger partial charge is 0.493 e. The van der Waals surface area contributed by atoms with Gasteiger partial charge in [-0.25, -0.2) is 0 Å². The number of hydrogen-bond donors (Lipinski definition) is 1. The molecular formula is C20H19ClN2O2. The minimum absolute atomic E-state index is 0.00996. The van der Waals surface area contributed by atoms with E-state index in [9.17, 15) is 10.1 Å². The fourth-order valence-corrected chi connectivity index (χ4v) is 2.30. The van der Waals surface area contributed by atoms with Gasteiger partial charge in [0.25, 0.3) is 5.91 Å². The molecule has 2 aromatic rings. The van der Waals surface area contributed by atoms with Crippen LogP contribution in [0.1, 0.15) is 24.5 Å². The molecule has 0 unspecified atom stereocenters. The van der Waals surface area contributed by atoms with E-state index >= 15 is 0 Å². The lowest BCUT2D eigenvalue weighted by molar-refractivity contribution is -0.112. The van der Waals surface area contributed by atoms with Crippen LogP contribution in [-0.2, 0) is 4.79 Å². The first-order valence-corrected chi connectivity index (χ1v) is 8.34. The third-order valence-corrected chi connectivity index (χ3v) is 3.88. The van der Waals surface area contributed by atoms with Gasteiger partial charge in [-0.2, -0.15) is 5.26 Å². The van der Waals surface area contributed by atoms with E-state index in [2.05, 4.69) is 5.32 Å². The number of carbonyl (C=O) groups excluding carboxylic acids is 1. The topological polar surface area (TPSA) is 62.1 Å². The van der Waals surface area contributed by atoms with Crippen LogP contribution in [0.5, 0.6) is 5.75 Å². The molecule has 0 aromatic heterocycles. The Morgan fingerprint density at radius 3 is 2.76 bits per heavy atom. The van der Waals surface area contributed by atoms with Crippen LogP contribution in [0.3, 0.4) is 0 Å². The molecule has 2 rings (SSSR count). The van der Waals surface area contributed by atoms with Crippen LogP contribution in [-0.4, -0.2) is 12.5 Å². The highest BCUT2D eigenvalue weighted by atomic mass is 35.5. The molecule has 0 aliphatic rings. The van der Waals surface area contributed by atoms with Crippen molar-refractivity contribution in [2.45, 2.75) is 20.3 Å². The highest BCUT2D eigenvalue weighted by molar-refractivity contribution is 6.31. The Labute approximate surface area is 152 Å². The number of aryl methyl sites for hydroxylation is 1. The first-order valence-electron chi connectivity index (χ1n) is 7.96. The summed E-state index contributed by atoms with van der Waals surface area (Å²) in [6, 6.07) is 14.4. The van der Waals surface area contributed by atoms with Crippen LogP contribution in [0.4, 0.5) is 5.69 Å². The van der Waals surface area contributed by atoms with Crippen LogP contribution < -0.4 is 10.1 Å². The van der Waals surface area contributed by atoms with Gasteiger partial charge in [-0.05, 0) is 43.2 Å². The maximum absolute atomic E-state index is 12.4. The Kier molecular flexibility index (Phi) is 6.62. The Morgan fingerprint density at radius 1 is 1.32 bits per heavy atom. The number of benzene rings is 2. The maximum Gasteiger partial charge on any atom is 0.266 e. The summed E-state index contributed by atoms with van der Waals surface area (Å²) in [5.74, 6) is 0.149. The lowest BCUT2D eigenvalue weighted by Crippen LogP contribution is -2.13. The monoisotopic (exact) mass is 354 g/mol. The van der Waals surface area contributed by atoms with Gasteiger partial charge in [0.2, 0.25) is 0 Å². The van der Waals surface area contributed by atoms with Gasteiger partial charge in [-0.15, -0.1) is 0 Å². The van der Waals surface area contributed by atoms with Gasteiger partial charge in [0, 0.05) is 16.3 Å². The number of rotatable bonds is 6. The zero-order chi connectivity index (χ0) is 18.2. The van der Waals surface area contributed by atoms with E-state index in [0.29, 0.717) is 28.6 Å². The van der Waals surface area contributed by atoms with Gasteiger partial charge in [0.05, 0.1) is 6.61 Å². The molecule has 0 saturated heterocycles. The second-order valence-electron chi connectivity index (χ2n) is 5.47. The lowest BCUT2D eigenvalue weighted by atomic mass is 10.1. The van der Waals surface area contributed by atoms with E-state index in [1.54, 1.807) is 18.2 Å². The molecule has 0 atom stereocenters. The van der Waals surface area contributed by atoms with Crippen molar-refractivity contribution >= 4 is 29.3 Å². The quantitative estimate of drug-likeness (QED) is 0.587. The van der Waals surface area contributed by atoms with E-state index in [1.165, 1.54) is 6.08 Å². The number of anilines is 1. The number of nitriles is 1. The minimum Gasteiger partial charge on any atom is -0.493 e. The van der Waals surface area contributed by atoms with Crippen molar-refractivity contribution < 1.29 is 9.53 Å². The molecule has 0 saturated carbocycles. The molecule has 0 heterocycles. The maximum atomic E-state index is 12.4. The van der Waals surface area contributed by atoms with Gasteiger partial charge >= 0.3 is 0 Å². The summed E-state index contributed by atoms with van der Waals surface area (Å²) in [6.07, 6.45) is 2.40. The predicted molar refractivity (Wildman–Crippen MR) is 101 cm³/mol.